The van der Waals surface area contributed by atoms with Gasteiger partial charge in [-0.25, -0.2) is 0 Å². The molecule has 0 aromatic rings. The van der Waals surface area contributed by atoms with Gasteiger partial charge in [-0.2, -0.15) is 0 Å². The molecule has 0 aliphatic heterocycles. The van der Waals surface area contributed by atoms with Gasteiger partial charge in [0.15, 0.2) is 0 Å². The van der Waals surface area contributed by atoms with E-state index in [4.69, 9.17) is 5.11 Å². The maximum Gasteiger partial charge on any atom is 0.303 e. The summed E-state index contributed by atoms with van der Waals surface area (Å²) in [6, 6.07) is 0.737. The van der Waals surface area contributed by atoms with Gasteiger partial charge >= 0.3 is 5.97 Å². The standard InChI is InChI=1S/C16H27NO3/c18-15(11-12-16(19)20)17(13-7-3-1-4-8-13)14-9-5-2-6-10-14/h13-14H,1-12H2,(H,19,20). The molecule has 2 aliphatic rings. The van der Waals surface area contributed by atoms with E-state index >= 15 is 0 Å². The van der Waals surface area contributed by atoms with Gasteiger partial charge < -0.3 is 10.0 Å². The summed E-state index contributed by atoms with van der Waals surface area (Å²) in [7, 11) is 0. The van der Waals surface area contributed by atoms with E-state index in [-0.39, 0.29) is 18.7 Å². The maximum atomic E-state index is 12.5. The van der Waals surface area contributed by atoms with Crippen LogP contribution in [-0.2, 0) is 9.59 Å². The summed E-state index contributed by atoms with van der Waals surface area (Å²) < 4.78 is 0. The molecule has 0 bridgehead atoms. The maximum absolute atomic E-state index is 12.5. The Labute approximate surface area is 121 Å². The summed E-state index contributed by atoms with van der Waals surface area (Å²) in [5.41, 5.74) is 0. The molecule has 2 rings (SSSR count). The number of carbonyl (C=O) groups excluding carboxylic acids is 1. The molecule has 20 heavy (non-hydrogen) atoms. The molecule has 2 aliphatic carbocycles. The first kappa shape index (κ1) is 15.3. The van der Waals surface area contributed by atoms with Crippen molar-refractivity contribution in [3.8, 4) is 0 Å². The zero-order valence-corrected chi connectivity index (χ0v) is 12.4. The number of carboxylic acid groups (broad SMARTS) is 1. The molecule has 2 fully saturated rings. The van der Waals surface area contributed by atoms with Crippen LogP contribution < -0.4 is 0 Å². The fraction of sp³-hybridized carbons (Fsp3) is 0.875. The summed E-state index contributed by atoms with van der Waals surface area (Å²) in [5.74, 6) is -0.795. The Morgan fingerprint density at radius 2 is 1.25 bits per heavy atom. The second-order valence-electron chi connectivity index (χ2n) is 6.28. The van der Waals surface area contributed by atoms with Gasteiger partial charge in [-0.3, -0.25) is 9.59 Å². The molecule has 0 radical (unpaired) electrons. The molecule has 114 valence electrons. The second-order valence-corrected chi connectivity index (χ2v) is 6.28. The molecule has 0 saturated heterocycles. The first-order chi connectivity index (χ1) is 9.68. The SMILES string of the molecule is O=C(O)CCC(=O)N(C1CCCCC1)C1CCCCC1. The number of aliphatic carboxylic acids is 1. The predicted molar refractivity (Wildman–Crippen MR) is 77.5 cm³/mol. The van der Waals surface area contributed by atoms with Crippen LogP contribution in [0.3, 0.4) is 0 Å². The molecule has 1 amide bonds. The van der Waals surface area contributed by atoms with Crippen molar-refractivity contribution in [2.45, 2.75) is 89.1 Å². The van der Waals surface area contributed by atoms with E-state index < -0.39 is 5.97 Å². The van der Waals surface area contributed by atoms with Crippen LogP contribution in [0.5, 0.6) is 0 Å². The number of carboxylic acids is 1. The highest BCUT2D eigenvalue weighted by Crippen LogP contribution is 2.30. The van der Waals surface area contributed by atoms with Gasteiger partial charge in [0.05, 0.1) is 6.42 Å². The number of hydrogen-bond acceptors (Lipinski definition) is 2. The Hall–Kier alpha value is -1.06. The average molecular weight is 281 g/mol. The summed E-state index contributed by atoms with van der Waals surface area (Å²) in [6.45, 7) is 0. The molecular formula is C16H27NO3. The van der Waals surface area contributed by atoms with Crippen LogP contribution >= 0.6 is 0 Å². The quantitative estimate of drug-likeness (QED) is 0.840. The fourth-order valence-corrected chi connectivity index (χ4v) is 3.77. The minimum absolute atomic E-state index is 0.0330. The van der Waals surface area contributed by atoms with Crippen molar-refractivity contribution in [3.63, 3.8) is 0 Å². The third kappa shape index (κ3) is 4.22. The van der Waals surface area contributed by atoms with Crippen LogP contribution in [0.25, 0.3) is 0 Å². The lowest BCUT2D eigenvalue weighted by atomic mass is 9.88. The summed E-state index contributed by atoms with van der Waals surface area (Å²) in [6.07, 6.45) is 11.9. The van der Waals surface area contributed by atoms with Gasteiger partial charge in [0, 0.05) is 18.5 Å². The van der Waals surface area contributed by atoms with Crippen molar-refractivity contribution in [3.05, 3.63) is 0 Å². The molecular weight excluding hydrogens is 254 g/mol. The lowest BCUT2D eigenvalue weighted by Gasteiger charge is -2.42. The zero-order valence-electron chi connectivity index (χ0n) is 12.4. The Morgan fingerprint density at radius 3 is 1.65 bits per heavy atom. The molecule has 0 aromatic carbocycles. The van der Waals surface area contributed by atoms with Crippen LogP contribution in [0.4, 0.5) is 0 Å². The number of hydrogen-bond donors (Lipinski definition) is 1. The third-order valence-corrected chi connectivity index (χ3v) is 4.78. The minimum Gasteiger partial charge on any atom is -0.481 e. The highest BCUT2D eigenvalue weighted by molar-refractivity contribution is 5.81. The zero-order chi connectivity index (χ0) is 14.4. The summed E-state index contributed by atoms with van der Waals surface area (Å²) >= 11 is 0. The molecule has 0 heterocycles. The van der Waals surface area contributed by atoms with E-state index in [9.17, 15) is 9.59 Å². The molecule has 0 unspecified atom stereocenters. The highest BCUT2D eigenvalue weighted by Gasteiger charge is 2.32. The van der Waals surface area contributed by atoms with Crippen LogP contribution in [0.15, 0.2) is 0 Å². The molecule has 0 spiro atoms. The Bertz CT molecular complexity index is 313. The van der Waals surface area contributed by atoms with E-state index in [2.05, 4.69) is 4.90 Å². The Balaban J connectivity index is 2.01. The minimum atomic E-state index is -0.870. The van der Waals surface area contributed by atoms with E-state index in [1.165, 1.54) is 38.5 Å². The number of amides is 1. The van der Waals surface area contributed by atoms with Gasteiger partial charge in [-0.1, -0.05) is 38.5 Å². The Morgan fingerprint density at radius 1 is 0.800 bits per heavy atom. The highest BCUT2D eigenvalue weighted by atomic mass is 16.4. The van der Waals surface area contributed by atoms with Crippen molar-refractivity contribution in [1.82, 2.24) is 4.90 Å². The van der Waals surface area contributed by atoms with Crippen LogP contribution in [0.1, 0.15) is 77.0 Å². The fourth-order valence-electron chi connectivity index (χ4n) is 3.77. The lowest BCUT2D eigenvalue weighted by Crippen LogP contribution is -2.48. The van der Waals surface area contributed by atoms with Crippen molar-refractivity contribution in [1.29, 1.82) is 0 Å². The summed E-state index contributed by atoms with van der Waals surface area (Å²) in [5, 5.41) is 8.79. The van der Waals surface area contributed by atoms with Gasteiger partial charge in [0.1, 0.15) is 0 Å². The first-order valence-corrected chi connectivity index (χ1v) is 8.21. The van der Waals surface area contributed by atoms with Gasteiger partial charge in [0.2, 0.25) is 5.91 Å². The van der Waals surface area contributed by atoms with Gasteiger partial charge in [-0.05, 0) is 25.7 Å². The van der Waals surface area contributed by atoms with Gasteiger partial charge in [-0.15, -0.1) is 0 Å². The normalized spacial score (nSPS) is 21.6. The number of nitrogens with zero attached hydrogens (tertiary/aromatic N) is 1. The molecule has 4 nitrogen and oxygen atoms in total. The number of carbonyl (C=O) groups is 2. The molecule has 0 aromatic heterocycles. The monoisotopic (exact) mass is 281 g/mol. The predicted octanol–water partition coefficient (Wildman–Crippen LogP) is 3.35. The largest absolute Gasteiger partial charge is 0.481 e. The van der Waals surface area contributed by atoms with E-state index in [1.807, 2.05) is 0 Å². The average Bonchev–Trinajstić information content (AvgIpc) is 2.48. The van der Waals surface area contributed by atoms with Crippen molar-refractivity contribution >= 4 is 11.9 Å². The second kappa shape index (κ2) is 7.65. The summed E-state index contributed by atoms with van der Waals surface area (Å²) in [4.78, 5) is 25.3. The topological polar surface area (TPSA) is 57.6 Å². The number of rotatable bonds is 5. The smallest absolute Gasteiger partial charge is 0.303 e. The lowest BCUT2D eigenvalue weighted by molar-refractivity contribution is -0.143. The molecule has 1 N–H and O–H groups in total. The first-order valence-electron chi connectivity index (χ1n) is 8.21. The van der Waals surface area contributed by atoms with E-state index in [0.29, 0.717) is 12.1 Å². The van der Waals surface area contributed by atoms with Gasteiger partial charge in [0.25, 0.3) is 0 Å². The van der Waals surface area contributed by atoms with Crippen molar-refractivity contribution in [2.24, 2.45) is 0 Å². The third-order valence-electron chi connectivity index (χ3n) is 4.78. The molecule has 4 heteroatoms. The van der Waals surface area contributed by atoms with Crippen molar-refractivity contribution < 1.29 is 14.7 Å². The van der Waals surface area contributed by atoms with E-state index in [0.717, 1.165) is 25.7 Å². The van der Waals surface area contributed by atoms with Crippen LogP contribution in [0, 0.1) is 0 Å². The van der Waals surface area contributed by atoms with Crippen LogP contribution in [0.2, 0.25) is 0 Å². The molecule has 2 saturated carbocycles. The van der Waals surface area contributed by atoms with Crippen LogP contribution in [-0.4, -0.2) is 34.0 Å². The molecule has 0 atom stereocenters. The van der Waals surface area contributed by atoms with E-state index in [1.54, 1.807) is 0 Å². The Kier molecular flexibility index (Phi) is 5.86. The van der Waals surface area contributed by atoms with Crippen molar-refractivity contribution in [2.75, 3.05) is 0 Å².